The average Bonchev–Trinajstić information content (AvgIpc) is 2.65. The molecule has 1 fully saturated rings. The van der Waals surface area contributed by atoms with Gasteiger partial charge >= 0.3 is 0 Å². The number of benzene rings is 1. The molecule has 1 aromatic carbocycles. The molecule has 0 radical (unpaired) electrons. The third kappa shape index (κ3) is 2.80. The maximum Gasteiger partial charge on any atom is 0.0662 e. The normalized spacial score (nSPS) is 25.2. The third-order valence-electron chi connectivity index (χ3n) is 3.25. The van der Waals surface area contributed by atoms with E-state index in [9.17, 15) is 5.11 Å². The Bertz CT molecular complexity index is 331. The quantitative estimate of drug-likeness (QED) is 0.861. The van der Waals surface area contributed by atoms with Crippen LogP contribution in [0.15, 0.2) is 29.2 Å². The molecule has 2 rings (SSSR count). The van der Waals surface area contributed by atoms with E-state index in [1.807, 2.05) is 11.8 Å². The van der Waals surface area contributed by atoms with Gasteiger partial charge in [-0.3, -0.25) is 0 Å². The molecule has 1 N–H and O–H groups in total. The molecule has 2 atom stereocenters. The Balaban J connectivity index is 1.99. The summed E-state index contributed by atoms with van der Waals surface area (Å²) in [5.74, 6) is 0.594. The Hall–Kier alpha value is -0.470. The summed E-state index contributed by atoms with van der Waals surface area (Å²) in [6.45, 7) is 4.42. The second-order valence-electron chi connectivity index (χ2n) is 4.88. The van der Waals surface area contributed by atoms with Crippen molar-refractivity contribution in [2.75, 3.05) is 0 Å². The summed E-state index contributed by atoms with van der Waals surface area (Å²) < 4.78 is 0. The van der Waals surface area contributed by atoms with Gasteiger partial charge in [-0.15, -0.1) is 11.8 Å². The van der Waals surface area contributed by atoms with Gasteiger partial charge in [0.2, 0.25) is 0 Å². The van der Waals surface area contributed by atoms with Gasteiger partial charge in [0.1, 0.15) is 0 Å². The van der Waals surface area contributed by atoms with Crippen molar-refractivity contribution in [3.63, 3.8) is 0 Å². The fourth-order valence-corrected chi connectivity index (χ4v) is 3.37. The van der Waals surface area contributed by atoms with Crippen LogP contribution in [0.1, 0.15) is 44.6 Å². The molecule has 1 aliphatic rings. The lowest BCUT2D eigenvalue weighted by Gasteiger charge is -2.14. The molecule has 2 heteroatoms. The first-order chi connectivity index (χ1) is 7.66. The van der Waals surface area contributed by atoms with Gasteiger partial charge in [-0.05, 0) is 42.9 Å². The first-order valence-electron chi connectivity index (χ1n) is 6.11. The van der Waals surface area contributed by atoms with E-state index < -0.39 is 0 Å². The zero-order chi connectivity index (χ0) is 11.5. The lowest BCUT2D eigenvalue weighted by molar-refractivity contribution is 0.188. The smallest absolute Gasteiger partial charge is 0.0662 e. The SMILES string of the molecule is CC(C)c1ccc(S[C@H]2CCC[C@@H]2O)cc1. The second-order valence-corrected chi connectivity index (χ2v) is 6.19. The Labute approximate surface area is 102 Å². The topological polar surface area (TPSA) is 20.2 Å². The molecule has 16 heavy (non-hydrogen) atoms. The fraction of sp³-hybridized carbons (Fsp3) is 0.571. The van der Waals surface area contributed by atoms with Crippen molar-refractivity contribution in [3.05, 3.63) is 29.8 Å². The number of thioether (sulfide) groups is 1. The Morgan fingerprint density at radius 2 is 1.88 bits per heavy atom. The minimum Gasteiger partial charge on any atom is -0.392 e. The number of hydrogen-bond acceptors (Lipinski definition) is 2. The predicted molar refractivity (Wildman–Crippen MR) is 70.0 cm³/mol. The highest BCUT2D eigenvalue weighted by molar-refractivity contribution is 8.00. The van der Waals surface area contributed by atoms with Crippen LogP contribution in [0.4, 0.5) is 0 Å². The summed E-state index contributed by atoms with van der Waals surface area (Å²) in [6, 6.07) is 8.78. The Morgan fingerprint density at radius 3 is 2.38 bits per heavy atom. The molecule has 0 unspecified atom stereocenters. The maximum atomic E-state index is 9.77. The molecule has 0 heterocycles. The highest BCUT2D eigenvalue weighted by Crippen LogP contribution is 2.35. The molecular formula is C14H20OS. The van der Waals surface area contributed by atoms with Crippen molar-refractivity contribution in [1.29, 1.82) is 0 Å². The Morgan fingerprint density at radius 1 is 1.19 bits per heavy atom. The number of aliphatic hydroxyl groups is 1. The average molecular weight is 236 g/mol. The molecule has 1 saturated carbocycles. The van der Waals surface area contributed by atoms with E-state index in [2.05, 4.69) is 38.1 Å². The minimum atomic E-state index is -0.102. The van der Waals surface area contributed by atoms with Crippen molar-refractivity contribution in [2.24, 2.45) is 0 Å². The fourth-order valence-electron chi connectivity index (χ4n) is 2.15. The molecular weight excluding hydrogens is 216 g/mol. The molecule has 0 aromatic heterocycles. The van der Waals surface area contributed by atoms with Gasteiger partial charge in [0.05, 0.1) is 6.10 Å². The van der Waals surface area contributed by atoms with E-state index in [-0.39, 0.29) is 6.10 Å². The molecule has 0 aliphatic heterocycles. The van der Waals surface area contributed by atoms with Gasteiger partial charge in [-0.1, -0.05) is 26.0 Å². The van der Waals surface area contributed by atoms with Crippen LogP contribution >= 0.6 is 11.8 Å². The maximum absolute atomic E-state index is 9.77. The molecule has 88 valence electrons. The molecule has 0 spiro atoms. The first kappa shape index (κ1) is 12.0. The highest BCUT2D eigenvalue weighted by atomic mass is 32.2. The summed E-state index contributed by atoms with van der Waals surface area (Å²) in [5.41, 5.74) is 1.39. The van der Waals surface area contributed by atoms with Crippen LogP contribution in [0.2, 0.25) is 0 Å². The van der Waals surface area contributed by atoms with E-state index in [4.69, 9.17) is 0 Å². The van der Waals surface area contributed by atoms with E-state index in [0.29, 0.717) is 11.2 Å². The summed E-state index contributed by atoms with van der Waals surface area (Å²) in [5, 5.41) is 10.2. The van der Waals surface area contributed by atoms with Gasteiger partial charge in [0.25, 0.3) is 0 Å². The van der Waals surface area contributed by atoms with Crippen LogP contribution < -0.4 is 0 Å². The Kier molecular flexibility index (Phi) is 3.93. The molecule has 0 bridgehead atoms. The molecule has 1 aliphatic carbocycles. The minimum absolute atomic E-state index is 0.102. The molecule has 1 aromatic rings. The molecule has 0 amide bonds. The van der Waals surface area contributed by atoms with Crippen molar-refractivity contribution in [1.82, 2.24) is 0 Å². The van der Waals surface area contributed by atoms with Crippen LogP contribution in [-0.2, 0) is 0 Å². The largest absolute Gasteiger partial charge is 0.392 e. The number of hydrogen-bond donors (Lipinski definition) is 1. The zero-order valence-corrected chi connectivity index (χ0v) is 10.8. The van der Waals surface area contributed by atoms with Gasteiger partial charge in [0, 0.05) is 10.1 Å². The van der Waals surface area contributed by atoms with Gasteiger partial charge < -0.3 is 5.11 Å². The third-order valence-corrected chi connectivity index (χ3v) is 4.65. The monoisotopic (exact) mass is 236 g/mol. The highest BCUT2D eigenvalue weighted by Gasteiger charge is 2.25. The number of aliphatic hydroxyl groups excluding tert-OH is 1. The van der Waals surface area contributed by atoms with E-state index in [1.165, 1.54) is 16.9 Å². The molecule has 1 nitrogen and oxygen atoms in total. The van der Waals surface area contributed by atoms with Gasteiger partial charge in [-0.25, -0.2) is 0 Å². The van der Waals surface area contributed by atoms with E-state index >= 15 is 0 Å². The van der Waals surface area contributed by atoms with Crippen molar-refractivity contribution < 1.29 is 5.11 Å². The van der Waals surface area contributed by atoms with Gasteiger partial charge in [0.15, 0.2) is 0 Å². The van der Waals surface area contributed by atoms with E-state index in [0.717, 1.165) is 12.8 Å². The predicted octanol–water partition coefficient (Wildman–Crippen LogP) is 3.82. The van der Waals surface area contributed by atoms with Crippen LogP contribution in [-0.4, -0.2) is 16.5 Å². The van der Waals surface area contributed by atoms with Crippen LogP contribution in [0.3, 0.4) is 0 Å². The summed E-state index contributed by atoms with van der Waals surface area (Å²) in [4.78, 5) is 1.29. The van der Waals surface area contributed by atoms with Gasteiger partial charge in [-0.2, -0.15) is 0 Å². The molecule has 0 saturated heterocycles. The zero-order valence-electron chi connectivity index (χ0n) is 10.0. The number of rotatable bonds is 3. The van der Waals surface area contributed by atoms with Crippen molar-refractivity contribution >= 4 is 11.8 Å². The van der Waals surface area contributed by atoms with E-state index in [1.54, 1.807) is 0 Å². The van der Waals surface area contributed by atoms with Crippen LogP contribution in [0.5, 0.6) is 0 Å². The standard InChI is InChI=1S/C14H20OS/c1-10(2)11-6-8-12(9-7-11)16-14-5-3-4-13(14)15/h6-10,13-15H,3-5H2,1-2H3/t13-,14-/m0/s1. The lowest BCUT2D eigenvalue weighted by atomic mass is 10.0. The first-order valence-corrected chi connectivity index (χ1v) is 6.99. The second kappa shape index (κ2) is 5.24. The van der Waals surface area contributed by atoms with Crippen molar-refractivity contribution in [2.45, 2.75) is 55.3 Å². The summed E-state index contributed by atoms with van der Waals surface area (Å²) in [7, 11) is 0. The summed E-state index contributed by atoms with van der Waals surface area (Å²) >= 11 is 1.83. The van der Waals surface area contributed by atoms with Crippen LogP contribution in [0, 0.1) is 0 Å². The summed E-state index contributed by atoms with van der Waals surface area (Å²) in [6.07, 6.45) is 3.19. The lowest BCUT2D eigenvalue weighted by Crippen LogP contribution is -2.14. The van der Waals surface area contributed by atoms with Crippen molar-refractivity contribution in [3.8, 4) is 0 Å². The van der Waals surface area contributed by atoms with Crippen LogP contribution in [0.25, 0.3) is 0 Å².